The Bertz CT molecular complexity index is 485. The molecule has 2 unspecified atom stereocenters. The number of carbonyl (C=O) groups excluding carboxylic acids is 1. The van der Waals surface area contributed by atoms with Gasteiger partial charge in [-0.25, -0.2) is 4.98 Å². The molecule has 1 aliphatic rings. The Labute approximate surface area is 131 Å². The van der Waals surface area contributed by atoms with Gasteiger partial charge in [-0.2, -0.15) is 0 Å². The maximum absolute atomic E-state index is 12.1. The van der Waals surface area contributed by atoms with Crippen molar-refractivity contribution in [1.82, 2.24) is 4.98 Å². The monoisotopic (exact) mass is 310 g/mol. The van der Waals surface area contributed by atoms with Gasteiger partial charge in [0.05, 0.1) is 12.3 Å². The second-order valence-corrected chi connectivity index (χ2v) is 7.01. The van der Waals surface area contributed by atoms with Crippen molar-refractivity contribution in [2.24, 2.45) is 5.92 Å². The number of hydrogen-bond acceptors (Lipinski definition) is 5. The summed E-state index contributed by atoms with van der Waals surface area (Å²) in [5, 5.41) is 4.49. The van der Waals surface area contributed by atoms with E-state index in [1.54, 1.807) is 11.3 Å². The van der Waals surface area contributed by atoms with Crippen LogP contribution in [-0.4, -0.2) is 23.6 Å². The van der Waals surface area contributed by atoms with Gasteiger partial charge in [-0.1, -0.05) is 20.8 Å². The molecule has 0 aliphatic heterocycles. The molecule has 2 atom stereocenters. The van der Waals surface area contributed by atoms with Gasteiger partial charge in [0.1, 0.15) is 5.92 Å². The lowest BCUT2D eigenvalue weighted by Crippen LogP contribution is -2.24. The Hall–Kier alpha value is -1.10. The molecule has 118 valence electrons. The molecule has 1 aromatic rings. The zero-order chi connectivity index (χ0) is 15.4. The Kier molecular flexibility index (Phi) is 5.62. The largest absolute Gasteiger partial charge is 0.465 e. The predicted octanol–water partition coefficient (Wildman–Crippen LogP) is 3.97. The molecule has 0 spiro atoms. The van der Waals surface area contributed by atoms with Crippen molar-refractivity contribution in [3.05, 3.63) is 10.6 Å². The molecule has 1 heterocycles. The number of anilines is 1. The maximum atomic E-state index is 12.1. The van der Waals surface area contributed by atoms with Crippen LogP contribution in [0.1, 0.15) is 63.4 Å². The molecule has 5 heteroatoms. The van der Waals surface area contributed by atoms with Crippen LogP contribution in [0.25, 0.3) is 0 Å². The third-order valence-electron chi connectivity index (χ3n) is 4.08. The second-order valence-electron chi connectivity index (χ2n) is 5.93. The molecule has 1 N–H and O–H groups in total. The van der Waals surface area contributed by atoms with Crippen molar-refractivity contribution >= 4 is 22.4 Å². The van der Waals surface area contributed by atoms with Crippen molar-refractivity contribution in [3.8, 4) is 0 Å². The minimum Gasteiger partial charge on any atom is -0.465 e. The van der Waals surface area contributed by atoms with E-state index in [1.807, 2.05) is 6.92 Å². The van der Waals surface area contributed by atoms with E-state index in [9.17, 15) is 4.79 Å². The Morgan fingerprint density at radius 2 is 2.24 bits per heavy atom. The average Bonchev–Trinajstić information content (AvgIpc) is 2.86. The van der Waals surface area contributed by atoms with E-state index in [4.69, 9.17) is 9.72 Å². The summed E-state index contributed by atoms with van der Waals surface area (Å²) in [7, 11) is 0. The van der Waals surface area contributed by atoms with Crippen molar-refractivity contribution in [2.75, 3.05) is 11.9 Å². The van der Waals surface area contributed by atoms with Crippen LogP contribution in [0.3, 0.4) is 0 Å². The lowest BCUT2D eigenvalue weighted by atomic mass is 9.91. The number of aryl methyl sites for hydroxylation is 1. The number of aromatic nitrogens is 1. The predicted molar refractivity (Wildman–Crippen MR) is 87.0 cm³/mol. The van der Waals surface area contributed by atoms with Crippen LogP contribution in [0.15, 0.2) is 0 Å². The van der Waals surface area contributed by atoms with Crippen LogP contribution in [0, 0.1) is 5.92 Å². The molecule has 0 bridgehead atoms. The molecule has 0 amide bonds. The molecule has 0 fully saturated rings. The van der Waals surface area contributed by atoms with Crippen LogP contribution in [0.5, 0.6) is 0 Å². The van der Waals surface area contributed by atoms with Crippen LogP contribution < -0.4 is 5.32 Å². The van der Waals surface area contributed by atoms with Crippen LogP contribution >= 0.6 is 11.3 Å². The molecule has 0 aromatic carbocycles. The number of thiazole rings is 1. The first-order valence-electron chi connectivity index (χ1n) is 7.99. The molecule has 1 aliphatic carbocycles. The van der Waals surface area contributed by atoms with Gasteiger partial charge in [-0.05, 0) is 38.5 Å². The van der Waals surface area contributed by atoms with Gasteiger partial charge in [0, 0.05) is 10.9 Å². The zero-order valence-electron chi connectivity index (χ0n) is 13.4. The summed E-state index contributed by atoms with van der Waals surface area (Å²) < 4.78 is 5.19. The summed E-state index contributed by atoms with van der Waals surface area (Å²) in [6, 6.07) is 0.429. The summed E-state index contributed by atoms with van der Waals surface area (Å²) in [6.45, 7) is 8.91. The molecule has 2 rings (SSSR count). The van der Waals surface area contributed by atoms with E-state index in [-0.39, 0.29) is 11.9 Å². The maximum Gasteiger partial charge on any atom is 0.315 e. The van der Waals surface area contributed by atoms with Gasteiger partial charge in [-0.3, -0.25) is 4.79 Å². The minimum atomic E-state index is -0.167. The molecule has 0 radical (unpaired) electrons. The van der Waals surface area contributed by atoms with Gasteiger partial charge < -0.3 is 10.1 Å². The van der Waals surface area contributed by atoms with Crippen molar-refractivity contribution in [2.45, 2.75) is 65.3 Å². The Balaban J connectivity index is 2.16. The van der Waals surface area contributed by atoms with Crippen LogP contribution in [0.4, 0.5) is 5.13 Å². The number of nitrogens with zero attached hydrogens (tertiary/aromatic N) is 1. The van der Waals surface area contributed by atoms with E-state index in [0.717, 1.165) is 36.5 Å². The minimum absolute atomic E-state index is 0.119. The topological polar surface area (TPSA) is 51.2 Å². The number of esters is 1. The molecular formula is C16H26N2O2S. The molecule has 0 saturated heterocycles. The summed E-state index contributed by atoms with van der Waals surface area (Å²) in [5.41, 5.74) is 0.950. The van der Waals surface area contributed by atoms with E-state index in [0.29, 0.717) is 18.6 Å². The van der Waals surface area contributed by atoms with Crippen molar-refractivity contribution < 1.29 is 9.53 Å². The standard InChI is InChI=1S/C16H26N2O2S/c1-5-12(10(3)4)17-16-18-14-11(15(19)20-6-2)8-7-9-13(14)21-16/h10-12H,5-9H2,1-4H3,(H,17,18). The number of fused-ring (bicyclic) bond motifs is 1. The number of rotatable bonds is 6. The van der Waals surface area contributed by atoms with Crippen LogP contribution in [-0.2, 0) is 16.0 Å². The third kappa shape index (κ3) is 3.76. The fourth-order valence-electron chi connectivity index (χ4n) is 2.85. The lowest BCUT2D eigenvalue weighted by Gasteiger charge is -2.20. The molecule has 1 aromatic heterocycles. The number of nitrogens with one attached hydrogen (secondary N) is 1. The van der Waals surface area contributed by atoms with E-state index in [2.05, 4.69) is 26.1 Å². The molecule has 4 nitrogen and oxygen atoms in total. The zero-order valence-corrected chi connectivity index (χ0v) is 14.3. The fraction of sp³-hybridized carbons (Fsp3) is 0.750. The Morgan fingerprint density at radius 3 is 2.86 bits per heavy atom. The fourth-order valence-corrected chi connectivity index (χ4v) is 3.98. The lowest BCUT2D eigenvalue weighted by molar-refractivity contribution is -0.145. The van der Waals surface area contributed by atoms with Gasteiger partial charge in [0.2, 0.25) is 0 Å². The van der Waals surface area contributed by atoms with Gasteiger partial charge in [-0.15, -0.1) is 11.3 Å². The Morgan fingerprint density at radius 1 is 1.48 bits per heavy atom. The summed E-state index contributed by atoms with van der Waals surface area (Å²) in [4.78, 5) is 18.0. The summed E-state index contributed by atoms with van der Waals surface area (Å²) in [5.74, 6) is 0.280. The molecule has 0 saturated carbocycles. The van der Waals surface area contributed by atoms with E-state index >= 15 is 0 Å². The van der Waals surface area contributed by atoms with Gasteiger partial charge in [0.15, 0.2) is 5.13 Å². The molecular weight excluding hydrogens is 284 g/mol. The highest BCUT2D eigenvalue weighted by Gasteiger charge is 2.31. The third-order valence-corrected chi connectivity index (χ3v) is 5.14. The second kappa shape index (κ2) is 7.25. The first-order valence-corrected chi connectivity index (χ1v) is 8.81. The van der Waals surface area contributed by atoms with E-state index < -0.39 is 0 Å². The van der Waals surface area contributed by atoms with Crippen molar-refractivity contribution in [1.29, 1.82) is 0 Å². The number of carbonyl (C=O) groups is 1. The van der Waals surface area contributed by atoms with Crippen molar-refractivity contribution in [3.63, 3.8) is 0 Å². The van der Waals surface area contributed by atoms with E-state index in [1.165, 1.54) is 4.88 Å². The molecule has 21 heavy (non-hydrogen) atoms. The first kappa shape index (κ1) is 16.3. The highest BCUT2D eigenvalue weighted by molar-refractivity contribution is 7.15. The van der Waals surface area contributed by atoms with Crippen LogP contribution in [0.2, 0.25) is 0 Å². The normalized spacial score (nSPS) is 19.2. The summed E-state index contributed by atoms with van der Waals surface area (Å²) >= 11 is 1.71. The highest BCUT2D eigenvalue weighted by atomic mass is 32.1. The SMILES string of the molecule is CCOC(=O)C1CCCc2sc(NC(CC)C(C)C)nc21. The number of hydrogen-bond donors (Lipinski definition) is 1. The van der Waals surface area contributed by atoms with Gasteiger partial charge in [0.25, 0.3) is 0 Å². The number of ether oxygens (including phenoxy) is 1. The van der Waals surface area contributed by atoms with Gasteiger partial charge >= 0.3 is 5.97 Å². The quantitative estimate of drug-likeness (QED) is 0.808. The average molecular weight is 310 g/mol. The highest BCUT2D eigenvalue weighted by Crippen LogP contribution is 2.37. The first-order chi connectivity index (χ1) is 10.1. The smallest absolute Gasteiger partial charge is 0.315 e. The summed E-state index contributed by atoms with van der Waals surface area (Å²) in [6.07, 6.45) is 4.00.